The monoisotopic (exact) mass is 549 g/mol. The van der Waals surface area contributed by atoms with Crippen molar-refractivity contribution in [2.75, 3.05) is 18.1 Å². The summed E-state index contributed by atoms with van der Waals surface area (Å²) >= 11 is 1.35. The topological polar surface area (TPSA) is 113 Å². The normalized spacial score (nSPS) is 17.5. The molecule has 0 saturated carbocycles. The maximum atomic E-state index is 14.1. The fourth-order valence-corrected chi connectivity index (χ4v) is 6.79. The van der Waals surface area contributed by atoms with E-state index in [1.54, 1.807) is 24.1 Å². The SMILES string of the molecule is CCCC(NC(=O)C1CSCCN1S(=O)(=O)Cc1c(F)cc(F)cc1F)C(=O)NCc1cnn(C)c1.[HH]. The summed E-state index contributed by atoms with van der Waals surface area (Å²) in [5.74, 6) is -5.50. The minimum absolute atomic E-state index is 0. The molecule has 3 rings (SSSR count). The van der Waals surface area contributed by atoms with Crippen LogP contribution in [0.15, 0.2) is 24.5 Å². The standard InChI is InChI=1S/C22H28F3N5O4S2.H2/c1-3-4-19(21(31)26-9-14-10-27-29(2)11-14)28-22(32)20-12-35-6-5-30(20)36(33,34)13-16-17(24)7-15(23)8-18(16)25;/h7-8,10-11,19-20H,3-6,9,12-13H2,1-2H3,(H,26,31)(H,28,32);1H. The first kappa shape index (κ1) is 28.0. The molecule has 14 heteroatoms. The number of aromatic nitrogens is 2. The smallest absolute Gasteiger partial charge is 0.242 e. The Labute approximate surface area is 213 Å². The number of benzene rings is 1. The van der Waals surface area contributed by atoms with Crippen molar-refractivity contribution in [2.45, 2.75) is 44.1 Å². The highest BCUT2D eigenvalue weighted by Crippen LogP contribution is 2.25. The van der Waals surface area contributed by atoms with Gasteiger partial charge in [0.1, 0.15) is 29.5 Å². The van der Waals surface area contributed by atoms with Crippen LogP contribution < -0.4 is 10.6 Å². The van der Waals surface area contributed by atoms with Gasteiger partial charge in [-0.2, -0.15) is 21.2 Å². The second-order valence-corrected chi connectivity index (χ2v) is 11.5. The van der Waals surface area contributed by atoms with Crippen LogP contribution in [0, 0.1) is 17.5 Å². The molecule has 2 heterocycles. The third-order valence-corrected chi connectivity index (χ3v) is 8.44. The molecule has 1 fully saturated rings. The Balaban J connectivity index is 0.00000481. The van der Waals surface area contributed by atoms with Gasteiger partial charge in [0.05, 0.1) is 11.9 Å². The van der Waals surface area contributed by atoms with Crippen LogP contribution in [0.1, 0.15) is 32.3 Å². The fourth-order valence-electron chi connectivity index (χ4n) is 3.80. The first-order valence-corrected chi connectivity index (χ1v) is 14.0. The van der Waals surface area contributed by atoms with Gasteiger partial charge in [-0.05, 0) is 6.42 Å². The summed E-state index contributed by atoms with van der Waals surface area (Å²) in [6, 6.07) is -1.26. The number of hydrogen-bond donors (Lipinski definition) is 2. The van der Waals surface area contributed by atoms with E-state index in [1.165, 1.54) is 11.8 Å². The van der Waals surface area contributed by atoms with Crippen molar-refractivity contribution in [2.24, 2.45) is 7.05 Å². The van der Waals surface area contributed by atoms with Crippen LogP contribution in [-0.2, 0) is 39.0 Å². The van der Waals surface area contributed by atoms with Crippen LogP contribution in [0.3, 0.4) is 0 Å². The van der Waals surface area contributed by atoms with Crippen LogP contribution in [0.5, 0.6) is 0 Å². The van der Waals surface area contributed by atoms with Crippen molar-refractivity contribution in [1.29, 1.82) is 0 Å². The van der Waals surface area contributed by atoms with Gasteiger partial charge in [0.2, 0.25) is 21.8 Å². The van der Waals surface area contributed by atoms with E-state index in [0.29, 0.717) is 30.7 Å². The quantitative estimate of drug-likeness (QED) is 0.468. The highest BCUT2D eigenvalue weighted by molar-refractivity contribution is 7.99. The van der Waals surface area contributed by atoms with Crippen LogP contribution in [0.25, 0.3) is 0 Å². The lowest BCUT2D eigenvalue weighted by Gasteiger charge is -2.34. The summed E-state index contributed by atoms with van der Waals surface area (Å²) in [5, 5.41) is 9.40. The molecule has 2 N–H and O–H groups in total. The zero-order valence-corrected chi connectivity index (χ0v) is 21.5. The molecule has 2 amide bonds. The van der Waals surface area contributed by atoms with E-state index in [1.807, 2.05) is 6.92 Å². The van der Waals surface area contributed by atoms with Gasteiger partial charge in [0, 0.05) is 62.5 Å². The number of sulfonamides is 1. The third-order valence-electron chi connectivity index (χ3n) is 5.61. The highest BCUT2D eigenvalue weighted by Gasteiger charge is 2.39. The highest BCUT2D eigenvalue weighted by atomic mass is 32.2. The fraction of sp³-hybridized carbons (Fsp3) is 0.500. The number of hydrogen-bond acceptors (Lipinski definition) is 6. The minimum atomic E-state index is -4.35. The van der Waals surface area contributed by atoms with Crippen molar-refractivity contribution in [3.63, 3.8) is 0 Å². The number of nitrogens with zero attached hydrogens (tertiary/aromatic N) is 3. The molecule has 1 aliphatic heterocycles. The summed E-state index contributed by atoms with van der Waals surface area (Å²) in [6.07, 6.45) is 4.24. The molecule has 1 aromatic carbocycles. The lowest BCUT2D eigenvalue weighted by molar-refractivity contribution is -0.130. The molecule has 200 valence electrons. The summed E-state index contributed by atoms with van der Waals surface area (Å²) in [5.41, 5.74) is -0.0268. The molecule has 0 bridgehead atoms. The van der Waals surface area contributed by atoms with E-state index in [-0.39, 0.29) is 20.3 Å². The maximum absolute atomic E-state index is 14.1. The number of amides is 2. The average molecular weight is 550 g/mol. The van der Waals surface area contributed by atoms with Crippen molar-refractivity contribution in [1.82, 2.24) is 24.7 Å². The van der Waals surface area contributed by atoms with Gasteiger partial charge in [0.25, 0.3) is 0 Å². The predicted octanol–water partition coefficient (Wildman–Crippen LogP) is 1.93. The van der Waals surface area contributed by atoms with Crippen molar-refractivity contribution < 1.29 is 32.6 Å². The minimum Gasteiger partial charge on any atom is -0.350 e. The van der Waals surface area contributed by atoms with E-state index < -0.39 is 62.7 Å². The molecule has 2 aromatic rings. The van der Waals surface area contributed by atoms with E-state index in [9.17, 15) is 31.2 Å². The molecular formula is C22H30F3N5O4S2. The number of aryl methyl sites for hydroxylation is 1. The lowest BCUT2D eigenvalue weighted by Crippen LogP contribution is -2.57. The van der Waals surface area contributed by atoms with Crippen LogP contribution >= 0.6 is 11.8 Å². The van der Waals surface area contributed by atoms with E-state index in [4.69, 9.17) is 0 Å². The predicted molar refractivity (Wildman–Crippen MR) is 131 cm³/mol. The molecule has 9 nitrogen and oxygen atoms in total. The Morgan fingerprint density at radius 3 is 2.58 bits per heavy atom. The molecule has 0 radical (unpaired) electrons. The molecule has 0 spiro atoms. The van der Waals surface area contributed by atoms with Gasteiger partial charge in [-0.15, -0.1) is 0 Å². The number of thioether (sulfide) groups is 1. The maximum Gasteiger partial charge on any atom is 0.242 e. The summed E-state index contributed by atoms with van der Waals surface area (Å²) < 4.78 is 70.1. The zero-order valence-electron chi connectivity index (χ0n) is 19.8. The molecule has 2 unspecified atom stereocenters. The third kappa shape index (κ3) is 7.01. The Bertz CT molecular complexity index is 1190. The van der Waals surface area contributed by atoms with Gasteiger partial charge in [-0.1, -0.05) is 13.3 Å². The van der Waals surface area contributed by atoms with E-state index in [0.717, 1.165) is 9.87 Å². The van der Waals surface area contributed by atoms with Gasteiger partial charge in [-0.25, -0.2) is 21.6 Å². The summed E-state index contributed by atoms with van der Waals surface area (Å²) in [7, 11) is -2.61. The second-order valence-electron chi connectivity index (χ2n) is 8.40. The molecule has 2 atom stereocenters. The molecule has 36 heavy (non-hydrogen) atoms. The van der Waals surface area contributed by atoms with Gasteiger partial charge < -0.3 is 10.6 Å². The van der Waals surface area contributed by atoms with Crippen molar-refractivity contribution in [3.05, 3.63) is 53.1 Å². The number of carbonyl (C=O) groups excluding carboxylic acids is 2. The van der Waals surface area contributed by atoms with Crippen LogP contribution in [-0.4, -0.2) is 64.5 Å². The number of carbonyl (C=O) groups is 2. The lowest BCUT2D eigenvalue weighted by atomic mass is 10.1. The van der Waals surface area contributed by atoms with Gasteiger partial charge in [-0.3, -0.25) is 14.3 Å². The molecule has 1 aliphatic rings. The number of rotatable bonds is 10. The molecule has 1 saturated heterocycles. The van der Waals surface area contributed by atoms with Crippen molar-refractivity contribution in [3.8, 4) is 0 Å². The Hall–Kier alpha value is -2.58. The van der Waals surface area contributed by atoms with Crippen LogP contribution in [0.2, 0.25) is 0 Å². The van der Waals surface area contributed by atoms with E-state index >= 15 is 0 Å². The zero-order chi connectivity index (χ0) is 26.5. The second kappa shape index (κ2) is 12.1. The number of halogens is 3. The van der Waals surface area contributed by atoms with E-state index in [2.05, 4.69) is 15.7 Å². The Kier molecular flexibility index (Phi) is 9.41. The first-order valence-electron chi connectivity index (χ1n) is 11.3. The largest absolute Gasteiger partial charge is 0.350 e. The number of nitrogens with one attached hydrogen (secondary N) is 2. The van der Waals surface area contributed by atoms with Crippen LogP contribution in [0.4, 0.5) is 13.2 Å². The Morgan fingerprint density at radius 1 is 1.28 bits per heavy atom. The van der Waals surface area contributed by atoms with Crippen molar-refractivity contribution >= 4 is 33.6 Å². The molecular weight excluding hydrogens is 519 g/mol. The summed E-state index contributed by atoms with van der Waals surface area (Å²) in [4.78, 5) is 25.9. The average Bonchev–Trinajstić information content (AvgIpc) is 3.24. The summed E-state index contributed by atoms with van der Waals surface area (Å²) in [6.45, 7) is 1.99. The molecule has 1 aromatic heterocycles. The van der Waals surface area contributed by atoms with Gasteiger partial charge in [0.15, 0.2) is 0 Å². The molecule has 0 aliphatic carbocycles. The first-order chi connectivity index (χ1) is 17.0. The van der Waals surface area contributed by atoms with Gasteiger partial charge >= 0.3 is 0 Å². The Morgan fingerprint density at radius 2 is 1.97 bits per heavy atom.